The highest BCUT2D eigenvalue weighted by molar-refractivity contribution is 5.85. The van der Waals surface area contributed by atoms with Gasteiger partial charge in [-0.15, -0.1) is 12.4 Å². The minimum atomic E-state index is 0. The standard InChI is InChI=1S/C13H16N2O2.ClH/c1-2-4-10-8(3-1)7-9(15-17-10)12-11-5-6-14-13(12)16-11;/h1-4,9,11-15H,5-7H2;1H. The van der Waals surface area contributed by atoms with Crippen molar-refractivity contribution in [2.45, 2.75) is 31.2 Å². The Labute approximate surface area is 112 Å². The number of hydroxylamine groups is 1. The van der Waals surface area contributed by atoms with Gasteiger partial charge >= 0.3 is 0 Å². The van der Waals surface area contributed by atoms with Gasteiger partial charge in [-0.05, 0) is 31.0 Å². The number of benzene rings is 1. The van der Waals surface area contributed by atoms with Gasteiger partial charge in [-0.25, -0.2) is 0 Å². The summed E-state index contributed by atoms with van der Waals surface area (Å²) in [6.07, 6.45) is 2.77. The topological polar surface area (TPSA) is 42.5 Å². The molecule has 4 nitrogen and oxygen atoms in total. The predicted molar refractivity (Wildman–Crippen MR) is 69.7 cm³/mol. The van der Waals surface area contributed by atoms with E-state index in [-0.39, 0.29) is 18.6 Å². The van der Waals surface area contributed by atoms with Crippen LogP contribution in [0.25, 0.3) is 0 Å². The first-order valence-electron chi connectivity index (χ1n) is 6.31. The van der Waals surface area contributed by atoms with E-state index in [0.29, 0.717) is 18.1 Å². The lowest BCUT2D eigenvalue weighted by atomic mass is 9.79. The Morgan fingerprint density at radius 2 is 2.11 bits per heavy atom. The fraction of sp³-hybridized carbons (Fsp3) is 0.538. The van der Waals surface area contributed by atoms with Gasteiger partial charge in [-0.1, -0.05) is 18.2 Å². The molecule has 1 aromatic carbocycles. The van der Waals surface area contributed by atoms with E-state index < -0.39 is 0 Å². The Balaban J connectivity index is 0.000001000. The van der Waals surface area contributed by atoms with Crippen molar-refractivity contribution in [3.8, 4) is 5.75 Å². The van der Waals surface area contributed by atoms with Gasteiger partial charge in [0.25, 0.3) is 0 Å². The highest BCUT2D eigenvalue weighted by Crippen LogP contribution is 2.38. The van der Waals surface area contributed by atoms with E-state index in [1.54, 1.807) is 0 Å². The molecule has 0 saturated carbocycles. The maximum Gasteiger partial charge on any atom is 0.150 e. The molecule has 2 saturated heterocycles. The highest BCUT2D eigenvalue weighted by atomic mass is 35.5. The highest BCUT2D eigenvalue weighted by Gasteiger charge is 2.50. The molecule has 2 N–H and O–H groups in total. The maximum absolute atomic E-state index is 5.72. The molecule has 3 aliphatic rings. The molecular formula is C13H17ClN2O2. The van der Waals surface area contributed by atoms with Crippen LogP contribution in [0.3, 0.4) is 0 Å². The van der Waals surface area contributed by atoms with Crippen LogP contribution in [0.2, 0.25) is 0 Å². The van der Waals surface area contributed by atoms with Crippen LogP contribution in [0, 0.1) is 5.92 Å². The van der Waals surface area contributed by atoms with Gasteiger partial charge in [-0.2, -0.15) is 5.48 Å². The third kappa shape index (κ3) is 1.80. The number of ether oxygens (including phenoxy) is 1. The first-order valence-corrected chi connectivity index (χ1v) is 6.31. The molecule has 98 valence electrons. The minimum Gasteiger partial charge on any atom is -0.408 e. The summed E-state index contributed by atoms with van der Waals surface area (Å²) in [5.41, 5.74) is 4.48. The lowest BCUT2D eigenvalue weighted by Gasteiger charge is -2.53. The second-order valence-corrected chi connectivity index (χ2v) is 5.05. The third-order valence-electron chi connectivity index (χ3n) is 4.07. The van der Waals surface area contributed by atoms with Gasteiger partial charge in [-0.3, -0.25) is 5.32 Å². The summed E-state index contributed by atoms with van der Waals surface area (Å²) < 4.78 is 5.72. The van der Waals surface area contributed by atoms with E-state index in [9.17, 15) is 0 Å². The molecule has 2 fully saturated rings. The Hall–Kier alpha value is -0.810. The van der Waals surface area contributed by atoms with Crippen LogP contribution in [0.15, 0.2) is 24.3 Å². The monoisotopic (exact) mass is 268 g/mol. The number of fused-ring (bicyclic) bond motifs is 3. The quantitative estimate of drug-likeness (QED) is 0.805. The second kappa shape index (κ2) is 4.70. The van der Waals surface area contributed by atoms with Crippen molar-refractivity contribution in [2.24, 2.45) is 5.92 Å². The molecule has 3 aliphatic heterocycles. The fourth-order valence-corrected chi connectivity index (χ4v) is 3.16. The van der Waals surface area contributed by atoms with Crippen LogP contribution in [-0.4, -0.2) is 24.9 Å². The maximum atomic E-state index is 5.72. The number of piperidine rings is 1. The van der Waals surface area contributed by atoms with E-state index in [4.69, 9.17) is 9.57 Å². The molecule has 3 heterocycles. The van der Waals surface area contributed by atoms with Gasteiger partial charge in [0.1, 0.15) is 12.0 Å². The molecule has 4 rings (SSSR count). The summed E-state index contributed by atoms with van der Waals surface area (Å²) in [6, 6.07) is 8.59. The normalized spacial score (nSPS) is 36.7. The van der Waals surface area contributed by atoms with Crippen LogP contribution < -0.4 is 15.6 Å². The number of hydrogen-bond donors (Lipinski definition) is 2. The Morgan fingerprint density at radius 1 is 1.22 bits per heavy atom. The van der Waals surface area contributed by atoms with Crippen LogP contribution in [0.5, 0.6) is 5.75 Å². The summed E-state index contributed by atoms with van der Waals surface area (Å²) in [5.74, 6) is 1.50. The van der Waals surface area contributed by atoms with Crippen molar-refractivity contribution < 1.29 is 9.57 Å². The molecule has 0 amide bonds. The molecule has 0 aromatic heterocycles. The Bertz CT molecular complexity index is 429. The van der Waals surface area contributed by atoms with E-state index in [1.165, 1.54) is 5.56 Å². The van der Waals surface area contributed by atoms with Gasteiger partial charge in [0.15, 0.2) is 0 Å². The zero-order valence-electron chi connectivity index (χ0n) is 9.96. The molecule has 5 heteroatoms. The van der Waals surface area contributed by atoms with Gasteiger partial charge < -0.3 is 9.57 Å². The zero-order valence-corrected chi connectivity index (χ0v) is 10.8. The SMILES string of the molecule is Cl.c1ccc2c(c1)CC(C1C3CCNC1O3)NO2. The molecule has 18 heavy (non-hydrogen) atoms. The van der Waals surface area contributed by atoms with E-state index in [2.05, 4.69) is 22.9 Å². The minimum absolute atomic E-state index is 0. The van der Waals surface area contributed by atoms with Crippen molar-refractivity contribution in [3.63, 3.8) is 0 Å². The lowest BCUT2D eigenvalue weighted by molar-refractivity contribution is -0.238. The molecule has 1 aromatic rings. The average molecular weight is 269 g/mol. The third-order valence-corrected chi connectivity index (χ3v) is 4.07. The van der Waals surface area contributed by atoms with Gasteiger partial charge in [0.2, 0.25) is 0 Å². The van der Waals surface area contributed by atoms with E-state index >= 15 is 0 Å². The molecule has 2 bridgehead atoms. The van der Waals surface area contributed by atoms with Crippen molar-refractivity contribution in [2.75, 3.05) is 6.54 Å². The average Bonchev–Trinajstić information content (AvgIpc) is 2.39. The zero-order chi connectivity index (χ0) is 11.2. The molecular weight excluding hydrogens is 252 g/mol. The van der Waals surface area contributed by atoms with Crippen LogP contribution >= 0.6 is 12.4 Å². The van der Waals surface area contributed by atoms with Crippen LogP contribution in [-0.2, 0) is 11.2 Å². The Kier molecular flexibility index (Phi) is 3.20. The van der Waals surface area contributed by atoms with E-state index in [0.717, 1.165) is 25.1 Å². The summed E-state index contributed by atoms with van der Waals surface area (Å²) in [6.45, 7) is 1.08. The fourth-order valence-electron chi connectivity index (χ4n) is 3.16. The van der Waals surface area contributed by atoms with Crippen LogP contribution in [0.4, 0.5) is 0 Å². The van der Waals surface area contributed by atoms with Crippen LogP contribution in [0.1, 0.15) is 12.0 Å². The summed E-state index contributed by atoms with van der Waals surface area (Å²) >= 11 is 0. The molecule has 4 atom stereocenters. The first kappa shape index (κ1) is 12.2. The summed E-state index contributed by atoms with van der Waals surface area (Å²) in [5, 5.41) is 3.40. The lowest BCUT2D eigenvalue weighted by Crippen LogP contribution is -2.68. The van der Waals surface area contributed by atoms with Gasteiger partial charge in [0.05, 0.1) is 12.1 Å². The van der Waals surface area contributed by atoms with Crippen molar-refractivity contribution >= 4 is 12.4 Å². The number of hydrogen-bond acceptors (Lipinski definition) is 4. The first-order chi connectivity index (χ1) is 8.42. The van der Waals surface area contributed by atoms with Gasteiger partial charge in [0, 0.05) is 5.92 Å². The molecule has 0 aliphatic carbocycles. The summed E-state index contributed by atoms with van der Waals surface area (Å²) in [4.78, 5) is 5.62. The number of nitrogens with one attached hydrogen (secondary N) is 2. The largest absolute Gasteiger partial charge is 0.408 e. The molecule has 0 radical (unpaired) electrons. The van der Waals surface area contributed by atoms with Crippen molar-refractivity contribution in [1.82, 2.24) is 10.8 Å². The van der Waals surface area contributed by atoms with Crippen molar-refractivity contribution in [1.29, 1.82) is 0 Å². The smallest absolute Gasteiger partial charge is 0.150 e. The molecule has 4 unspecified atom stereocenters. The summed E-state index contributed by atoms with van der Waals surface area (Å²) in [7, 11) is 0. The predicted octanol–water partition coefficient (Wildman–Crippen LogP) is 1.25. The number of para-hydroxylation sites is 1. The Morgan fingerprint density at radius 3 is 2.89 bits per heavy atom. The van der Waals surface area contributed by atoms with E-state index in [1.807, 2.05) is 12.1 Å². The molecule has 0 spiro atoms. The second-order valence-electron chi connectivity index (χ2n) is 5.05. The van der Waals surface area contributed by atoms with Crippen molar-refractivity contribution in [3.05, 3.63) is 29.8 Å². The number of rotatable bonds is 1. The number of halogens is 1.